The van der Waals surface area contributed by atoms with Gasteiger partial charge >= 0.3 is 18.0 Å². The molecule has 0 aliphatic carbocycles. The zero-order valence-electron chi connectivity index (χ0n) is 19.7. The highest BCUT2D eigenvalue weighted by Gasteiger charge is 2.22. The normalized spacial score (nSPS) is 11.6. The molecule has 0 aromatic rings. The van der Waals surface area contributed by atoms with E-state index in [4.69, 9.17) is 49.0 Å². The van der Waals surface area contributed by atoms with Crippen molar-refractivity contribution < 1.29 is 33.4 Å². The first-order valence-corrected chi connectivity index (χ1v) is 12.3. The topological polar surface area (TPSA) is 108 Å². The molecule has 192 valence electrons. The Bertz CT molecular complexity index is 616. The van der Waals surface area contributed by atoms with Gasteiger partial charge in [0.05, 0.1) is 19.6 Å². The lowest BCUT2D eigenvalue weighted by atomic mass is 10.1. The van der Waals surface area contributed by atoms with Crippen LogP contribution < -0.4 is 5.32 Å². The van der Waals surface area contributed by atoms with Gasteiger partial charge in [-0.2, -0.15) is 0 Å². The Labute approximate surface area is 211 Å². The molecule has 0 fully saturated rings. The Morgan fingerprint density at radius 1 is 0.727 bits per heavy atom. The Morgan fingerprint density at radius 2 is 1.27 bits per heavy atom. The van der Waals surface area contributed by atoms with Gasteiger partial charge in [-0.1, -0.05) is 66.9 Å². The van der Waals surface area contributed by atoms with Crippen LogP contribution in [-0.2, 0) is 28.6 Å². The molecule has 0 atom stereocenters. The number of ether oxygens (including phenoxy) is 3. The number of rotatable bonds is 16. The summed E-state index contributed by atoms with van der Waals surface area (Å²) < 4.78 is 13.4. The van der Waals surface area contributed by atoms with E-state index in [2.05, 4.69) is 5.32 Å². The van der Waals surface area contributed by atoms with E-state index in [1.54, 1.807) is 20.8 Å². The zero-order chi connectivity index (χ0) is 25.3. The molecule has 0 bridgehead atoms. The Kier molecular flexibility index (Phi) is 16.6. The van der Waals surface area contributed by atoms with Crippen molar-refractivity contribution in [2.45, 2.75) is 94.4 Å². The van der Waals surface area contributed by atoms with Crippen molar-refractivity contribution in [1.82, 2.24) is 5.32 Å². The van der Waals surface area contributed by atoms with Gasteiger partial charge in [0.15, 0.2) is 5.78 Å². The quantitative estimate of drug-likeness (QED) is 0.122. The summed E-state index contributed by atoms with van der Waals surface area (Å²) in [4.78, 5) is 46.4. The predicted molar refractivity (Wildman–Crippen MR) is 128 cm³/mol. The highest BCUT2D eigenvalue weighted by molar-refractivity contribution is 6.67. The van der Waals surface area contributed by atoms with Gasteiger partial charge in [-0.15, -0.1) is 0 Å². The highest BCUT2D eigenvalue weighted by Crippen LogP contribution is 2.26. The van der Waals surface area contributed by atoms with Crippen LogP contribution in [0.4, 0.5) is 4.79 Å². The minimum Gasteiger partial charge on any atom is -0.466 e. The number of alkyl carbamates (subject to hydrolysis) is 1. The van der Waals surface area contributed by atoms with Crippen molar-refractivity contribution >= 4 is 58.6 Å². The summed E-state index contributed by atoms with van der Waals surface area (Å²) in [6.45, 7) is 5.07. The maximum absolute atomic E-state index is 11.7. The highest BCUT2D eigenvalue weighted by atomic mass is 35.6. The van der Waals surface area contributed by atoms with E-state index in [1.165, 1.54) is 0 Å². The third kappa shape index (κ3) is 23.7. The number of hydrogen-bond donors (Lipinski definition) is 1. The third-order valence-corrected chi connectivity index (χ3v) is 4.45. The first kappa shape index (κ1) is 31.8. The molecule has 0 unspecified atom stereocenters. The first-order chi connectivity index (χ1) is 15.3. The van der Waals surface area contributed by atoms with E-state index < -0.39 is 21.5 Å². The molecule has 8 nitrogen and oxygen atoms in total. The number of amides is 1. The first-order valence-electron chi connectivity index (χ1n) is 11.1. The van der Waals surface area contributed by atoms with Crippen molar-refractivity contribution in [3.63, 3.8) is 0 Å². The zero-order valence-corrected chi connectivity index (χ0v) is 22.0. The Balaban J connectivity index is 3.54. The van der Waals surface area contributed by atoms with Gasteiger partial charge in [0.2, 0.25) is 3.79 Å². The molecule has 0 aromatic carbocycles. The smallest absolute Gasteiger partial charge is 0.408 e. The number of esters is 2. The maximum atomic E-state index is 11.7. The van der Waals surface area contributed by atoms with Gasteiger partial charge in [-0.25, -0.2) is 4.79 Å². The molecule has 0 heterocycles. The molecule has 1 N–H and O–H groups in total. The number of halogens is 3. The van der Waals surface area contributed by atoms with Gasteiger partial charge < -0.3 is 19.5 Å². The van der Waals surface area contributed by atoms with Crippen LogP contribution in [0.25, 0.3) is 0 Å². The van der Waals surface area contributed by atoms with E-state index in [0.29, 0.717) is 13.0 Å². The fraction of sp³-hybridized carbons (Fsp3) is 0.818. The summed E-state index contributed by atoms with van der Waals surface area (Å²) in [7, 11) is 0. The number of hydrogen-bond acceptors (Lipinski definition) is 7. The van der Waals surface area contributed by atoms with E-state index in [0.717, 1.165) is 44.9 Å². The SMILES string of the molecule is CC(C)(C)OC(=O)NCC(=O)CCC(=O)OCCCCCCCCCC(=O)OCC(Cl)(Cl)Cl. The van der Waals surface area contributed by atoms with Crippen LogP contribution in [0.2, 0.25) is 0 Å². The standard InChI is InChI=1S/C22H36Cl3NO7/c1-21(2,3)33-20(30)26-15-17(27)12-13-19(29)31-14-10-8-6-4-5-7-9-11-18(28)32-16-22(23,24)25/h4-16H2,1-3H3,(H,26,30). The molecular formula is C22H36Cl3NO7. The molecule has 33 heavy (non-hydrogen) atoms. The summed E-state index contributed by atoms with van der Waals surface area (Å²) in [5, 5.41) is 2.36. The van der Waals surface area contributed by atoms with E-state index in [-0.39, 0.29) is 37.7 Å². The molecule has 0 saturated carbocycles. The fourth-order valence-corrected chi connectivity index (χ4v) is 2.73. The van der Waals surface area contributed by atoms with Gasteiger partial charge in [0.1, 0.15) is 12.2 Å². The fourth-order valence-electron chi connectivity index (χ4n) is 2.56. The van der Waals surface area contributed by atoms with Crippen molar-refractivity contribution in [3.8, 4) is 0 Å². The molecule has 0 spiro atoms. The average molecular weight is 533 g/mol. The van der Waals surface area contributed by atoms with Crippen LogP contribution in [0.3, 0.4) is 0 Å². The minimum atomic E-state index is -1.58. The third-order valence-electron chi connectivity index (χ3n) is 4.12. The number of Topliss-reactive ketones (excluding diaryl/α,β-unsaturated/α-hetero) is 1. The molecule has 0 aromatic heterocycles. The summed E-state index contributed by atoms with van der Waals surface area (Å²) in [6, 6.07) is 0. The average Bonchev–Trinajstić information content (AvgIpc) is 2.68. The maximum Gasteiger partial charge on any atom is 0.408 e. The van der Waals surface area contributed by atoms with Crippen molar-refractivity contribution in [2.75, 3.05) is 19.8 Å². The number of nitrogens with one attached hydrogen (secondary N) is 1. The summed E-state index contributed by atoms with van der Waals surface area (Å²) in [6.07, 6.45) is 5.97. The van der Waals surface area contributed by atoms with E-state index in [1.807, 2.05) is 0 Å². The number of carbonyl (C=O) groups excluding carboxylic acids is 4. The molecule has 0 rings (SSSR count). The molecule has 1 amide bonds. The molecular weight excluding hydrogens is 497 g/mol. The molecule has 0 aliphatic heterocycles. The van der Waals surface area contributed by atoms with Gasteiger partial charge in [0, 0.05) is 12.8 Å². The van der Waals surface area contributed by atoms with Crippen molar-refractivity contribution in [3.05, 3.63) is 0 Å². The molecule has 0 aliphatic rings. The van der Waals surface area contributed by atoms with Crippen molar-refractivity contribution in [2.24, 2.45) is 0 Å². The summed E-state index contributed by atoms with van der Waals surface area (Å²) in [5.74, 6) is -1.07. The minimum absolute atomic E-state index is 0.00662. The summed E-state index contributed by atoms with van der Waals surface area (Å²) >= 11 is 16.5. The molecule has 11 heteroatoms. The molecule has 0 radical (unpaired) electrons. The number of unbranched alkanes of at least 4 members (excludes halogenated alkanes) is 6. The van der Waals surface area contributed by atoms with Crippen LogP contribution in [0.5, 0.6) is 0 Å². The van der Waals surface area contributed by atoms with Gasteiger partial charge in [-0.05, 0) is 33.6 Å². The van der Waals surface area contributed by atoms with Gasteiger partial charge in [0.25, 0.3) is 0 Å². The van der Waals surface area contributed by atoms with Crippen LogP contribution in [0.1, 0.15) is 85.0 Å². The second-order valence-electron chi connectivity index (χ2n) is 8.62. The lowest BCUT2D eigenvalue weighted by molar-refractivity contribution is -0.145. The van der Waals surface area contributed by atoms with Crippen LogP contribution >= 0.6 is 34.8 Å². The Morgan fingerprint density at radius 3 is 1.85 bits per heavy atom. The van der Waals surface area contributed by atoms with Crippen molar-refractivity contribution in [1.29, 1.82) is 0 Å². The van der Waals surface area contributed by atoms with Crippen LogP contribution in [0, 0.1) is 0 Å². The largest absolute Gasteiger partial charge is 0.466 e. The predicted octanol–water partition coefficient (Wildman–Crippen LogP) is 5.44. The Hall–Kier alpha value is -1.25. The van der Waals surface area contributed by atoms with Gasteiger partial charge in [-0.3, -0.25) is 14.4 Å². The second-order valence-corrected chi connectivity index (χ2v) is 11.1. The molecule has 0 saturated heterocycles. The number of ketones is 1. The second kappa shape index (κ2) is 17.2. The summed E-state index contributed by atoms with van der Waals surface area (Å²) in [5.41, 5.74) is -0.637. The van der Waals surface area contributed by atoms with Crippen LogP contribution in [-0.4, -0.2) is 53.0 Å². The number of carbonyl (C=O) groups is 4. The van der Waals surface area contributed by atoms with Crippen LogP contribution in [0.15, 0.2) is 0 Å². The monoisotopic (exact) mass is 531 g/mol. The van der Waals surface area contributed by atoms with E-state index in [9.17, 15) is 19.2 Å². The number of alkyl halides is 3. The van der Waals surface area contributed by atoms with E-state index >= 15 is 0 Å². The lowest BCUT2D eigenvalue weighted by Gasteiger charge is -2.19. The lowest BCUT2D eigenvalue weighted by Crippen LogP contribution is -2.35.